The topological polar surface area (TPSA) is 82.5 Å². The molecule has 2 heterocycles. The number of aryl methyl sites for hydroxylation is 1. The van der Waals surface area contributed by atoms with Crippen molar-refractivity contribution < 1.29 is 0 Å². The van der Waals surface area contributed by atoms with Crippen molar-refractivity contribution in [3.05, 3.63) is 48.3 Å². The largest absolute Gasteiger partial charge is 0.368 e. The quantitative estimate of drug-likeness (QED) is 0.792. The predicted octanol–water partition coefficient (Wildman–Crippen LogP) is 2.26. The lowest BCUT2D eigenvalue weighted by atomic mass is 10.1. The van der Waals surface area contributed by atoms with Crippen LogP contribution < -0.4 is 5.73 Å². The summed E-state index contributed by atoms with van der Waals surface area (Å²) in [6.07, 6.45) is 5.56. The van der Waals surface area contributed by atoms with Crippen LogP contribution in [0.25, 0.3) is 17.3 Å². The lowest BCUT2D eigenvalue weighted by Gasteiger charge is -2.06. The highest BCUT2D eigenvalue weighted by Gasteiger charge is 2.09. The van der Waals surface area contributed by atoms with Crippen LogP contribution >= 0.6 is 0 Å². The van der Waals surface area contributed by atoms with E-state index >= 15 is 0 Å². The SMILES string of the molecule is CCCc1cccc(-c2nc(N)nc(-n3cccn3)n2)c1. The van der Waals surface area contributed by atoms with Gasteiger partial charge in [-0.05, 0) is 24.1 Å². The third-order valence-corrected chi connectivity index (χ3v) is 3.07. The van der Waals surface area contributed by atoms with E-state index in [1.54, 1.807) is 17.1 Å². The Labute approximate surface area is 122 Å². The van der Waals surface area contributed by atoms with E-state index in [1.165, 1.54) is 5.56 Å². The molecule has 0 aliphatic carbocycles. The molecule has 0 saturated carbocycles. The highest BCUT2D eigenvalue weighted by molar-refractivity contribution is 5.57. The van der Waals surface area contributed by atoms with Crippen LogP contribution in [-0.2, 0) is 6.42 Å². The van der Waals surface area contributed by atoms with E-state index in [-0.39, 0.29) is 5.95 Å². The summed E-state index contributed by atoms with van der Waals surface area (Å²) in [6, 6.07) is 9.98. The Bertz CT molecular complexity index is 736. The van der Waals surface area contributed by atoms with Gasteiger partial charge >= 0.3 is 0 Å². The van der Waals surface area contributed by atoms with Crippen LogP contribution in [0.4, 0.5) is 5.95 Å². The van der Waals surface area contributed by atoms with Crippen LogP contribution in [0.5, 0.6) is 0 Å². The fraction of sp³-hybridized carbons (Fsp3) is 0.200. The van der Waals surface area contributed by atoms with Gasteiger partial charge in [-0.2, -0.15) is 20.1 Å². The van der Waals surface area contributed by atoms with Gasteiger partial charge in [-0.15, -0.1) is 0 Å². The number of rotatable bonds is 4. The average molecular weight is 280 g/mol. The van der Waals surface area contributed by atoms with Gasteiger partial charge in [0.1, 0.15) is 0 Å². The second kappa shape index (κ2) is 5.70. The number of hydrogen-bond donors (Lipinski definition) is 1. The van der Waals surface area contributed by atoms with Crippen molar-refractivity contribution in [2.24, 2.45) is 0 Å². The molecule has 6 heteroatoms. The fourth-order valence-electron chi connectivity index (χ4n) is 2.15. The summed E-state index contributed by atoms with van der Waals surface area (Å²) in [5, 5.41) is 4.12. The van der Waals surface area contributed by atoms with Crippen LogP contribution in [0.1, 0.15) is 18.9 Å². The van der Waals surface area contributed by atoms with Crippen molar-refractivity contribution in [3.63, 3.8) is 0 Å². The van der Waals surface area contributed by atoms with Crippen molar-refractivity contribution >= 4 is 5.95 Å². The molecule has 6 nitrogen and oxygen atoms in total. The molecule has 1 aromatic carbocycles. The Kier molecular flexibility index (Phi) is 3.59. The lowest BCUT2D eigenvalue weighted by Crippen LogP contribution is -2.08. The molecule has 0 saturated heterocycles. The summed E-state index contributed by atoms with van der Waals surface area (Å²) in [7, 11) is 0. The molecule has 0 aliphatic heterocycles. The highest BCUT2D eigenvalue weighted by Crippen LogP contribution is 2.18. The van der Waals surface area contributed by atoms with Gasteiger partial charge in [0.05, 0.1) is 0 Å². The molecular formula is C15H16N6. The maximum atomic E-state index is 5.80. The maximum absolute atomic E-state index is 5.80. The Morgan fingerprint density at radius 2 is 2.05 bits per heavy atom. The Hall–Kier alpha value is -2.76. The van der Waals surface area contributed by atoms with Crippen molar-refractivity contribution in [1.29, 1.82) is 0 Å². The van der Waals surface area contributed by atoms with Gasteiger partial charge in [0, 0.05) is 18.0 Å². The molecule has 0 radical (unpaired) electrons. The second-order valence-corrected chi connectivity index (χ2v) is 4.72. The number of aromatic nitrogens is 5. The number of benzene rings is 1. The molecule has 2 aromatic heterocycles. The number of nitrogens with zero attached hydrogens (tertiary/aromatic N) is 5. The standard InChI is InChI=1S/C15H16N6/c1-2-5-11-6-3-7-12(10-11)13-18-14(16)20-15(19-13)21-9-4-8-17-21/h3-4,6-10H,2,5H2,1H3,(H2,16,18,19,20). The first-order valence-corrected chi connectivity index (χ1v) is 6.87. The highest BCUT2D eigenvalue weighted by atomic mass is 15.4. The van der Waals surface area contributed by atoms with Gasteiger partial charge in [-0.1, -0.05) is 31.5 Å². The minimum atomic E-state index is 0.186. The molecular weight excluding hydrogens is 264 g/mol. The van der Waals surface area contributed by atoms with Gasteiger partial charge in [-0.3, -0.25) is 0 Å². The van der Waals surface area contributed by atoms with Gasteiger partial charge in [-0.25, -0.2) is 4.68 Å². The molecule has 0 atom stereocenters. The van der Waals surface area contributed by atoms with E-state index in [9.17, 15) is 0 Å². The smallest absolute Gasteiger partial charge is 0.255 e. The molecule has 0 bridgehead atoms. The van der Waals surface area contributed by atoms with E-state index in [1.807, 2.05) is 18.2 Å². The normalized spacial score (nSPS) is 10.7. The van der Waals surface area contributed by atoms with E-state index in [2.05, 4.69) is 39.1 Å². The Balaban J connectivity index is 2.04. The van der Waals surface area contributed by atoms with Gasteiger partial charge in [0.2, 0.25) is 5.95 Å². The minimum absolute atomic E-state index is 0.186. The molecule has 3 rings (SSSR count). The number of nitrogens with two attached hydrogens (primary N) is 1. The number of anilines is 1. The zero-order chi connectivity index (χ0) is 14.7. The van der Waals surface area contributed by atoms with Gasteiger partial charge in [0.25, 0.3) is 5.95 Å². The summed E-state index contributed by atoms with van der Waals surface area (Å²) in [4.78, 5) is 12.8. The third-order valence-electron chi connectivity index (χ3n) is 3.07. The van der Waals surface area contributed by atoms with Crippen molar-refractivity contribution in [2.45, 2.75) is 19.8 Å². The van der Waals surface area contributed by atoms with Crippen LogP contribution in [0.3, 0.4) is 0 Å². The maximum Gasteiger partial charge on any atom is 0.255 e. The molecule has 2 N–H and O–H groups in total. The van der Waals surface area contributed by atoms with Crippen molar-refractivity contribution in [3.8, 4) is 17.3 Å². The fourth-order valence-corrected chi connectivity index (χ4v) is 2.15. The zero-order valence-corrected chi connectivity index (χ0v) is 11.8. The van der Waals surface area contributed by atoms with Gasteiger partial charge in [0.15, 0.2) is 5.82 Å². The molecule has 21 heavy (non-hydrogen) atoms. The molecule has 3 aromatic rings. The van der Waals surface area contributed by atoms with Crippen LogP contribution in [0.2, 0.25) is 0 Å². The van der Waals surface area contributed by atoms with Crippen LogP contribution in [-0.4, -0.2) is 24.7 Å². The molecule has 106 valence electrons. The Morgan fingerprint density at radius 1 is 1.14 bits per heavy atom. The minimum Gasteiger partial charge on any atom is -0.368 e. The summed E-state index contributed by atoms with van der Waals surface area (Å²) in [6.45, 7) is 2.16. The monoisotopic (exact) mass is 280 g/mol. The van der Waals surface area contributed by atoms with Crippen molar-refractivity contribution in [1.82, 2.24) is 24.7 Å². The zero-order valence-electron chi connectivity index (χ0n) is 11.8. The third kappa shape index (κ3) is 2.89. The average Bonchev–Trinajstić information content (AvgIpc) is 3.01. The predicted molar refractivity (Wildman–Crippen MR) is 80.8 cm³/mol. The molecule has 0 aliphatic rings. The first-order chi connectivity index (χ1) is 10.3. The molecule has 0 spiro atoms. The number of hydrogen-bond acceptors (Lipinski definition) is 5. The molecule has 0 fully saturated rings. The summed E-state index contributed by atoms with van der Waals surface area (Å²) < 4.78 is 1.57. The first kappa shape index (κ1) is 13.2. The molecule has 0 unspecified atom stereocenters. The number of nitrogen functional groups attached to an aromatic ring is 1. The van der Waals surface area contributed by atoms with E-state index in [0.29, 0.717) is 11.8 Å². The van der Waals surface area contributed by atoms with Crippen molar-refractivity contribution in [2.75, 3.05) is 5.73 Å². The van der Waals surface area contributed by atoms with Crippen LogP contribution in [0, 0.1) is 0 Å². The summed E-state index contributed by atoms with van der Waals surface area (Å²) >= 11 is 0. The second-order valence-electron chi connectivity index (χ2n) is 4.72. The lowest BCUT2D eigenvalue weighted by molar-refractivity contribution is 0.801. The summed E-state index contributed by atoms with van der Waals surface area (Å²) in [5.41, 5.74) is 7.99. The summed E-state index contributed by atoms with van der Waals surface area (Å²) in [5.74, 6) is 1.17. The molecule has 0 amide bonds. The van der Waals surface area contributed by atoms with Crippen LogP contribution in [0.15, 0.2) is 42.7 Å². The van der Waals surface area contributed by atoms with E-state index in [4.69, 9.17) is 5.73 Å². The van der Waals surface area contributed by atoms with Gasteiger partial charge < -0.3 is 5.73 Å². The van der Waals surface area contributed by atoms with E-state index in [0.717, 1.165) is 18.4 Å². The Morgan fingerprint density at radius 3 is 2.81 bits per heavy atom. The first-order valence-electron chi connectivity index (χ1n) is 6.87. The van der Waals surface area contributed by atoms with E-state index < -0.39 is 0 Å².